The molecule has 3 N–H and O–H groups in total. The second-order valence-corrected chi connectivity index (χ2v) is 3.85. The summed E-state index contributed by atoms with van der Waals surface area (Å²) in [7, 11) is 0. The number of nitrogens with zero attached hydrogens (tertiary/aromatic N) is 3. The molecule has 0 fully saturated rings. The first kappa shape index (κ1) is 12.8. The van der Waals surface area contributed by atoms with E-state index in [1.807, 2.05) is 18.5 Å². The number of nitrogens with two attached hydrogens (primary N) is 1. The molecule has 0 saturated carbocycles. The SMILES string of the molecule is CCCn1nc(C)c(N)c1N(CC)CCO. The van der Waals surface area contributed by atoms with Crippen LogP contribution in [0.2, 0.25) is 0 Å². The first-order valence-electron chi connectivity index (χ1n) is 5.84. The van der Waals surface area contributed by atoms with Crippen molar-refractivity contribution in [3.8, 4) is 0 Å². The lowest BCUT2D eigenvalue weighted by atomic mass is 10.3. The van der Waals surface area contributed by atoms with Crippen LogP contribution in [0.1, 0.15) is 26.0 Å². The Bertz CT molecular complexity index is 335. The molecule has 0 aliphatic rings. The van der Waals surface area contributed by atoms with E-state index in [2.05, 4.69) is 16.9 Å². The van der Waals surface area contributed by atoms with Crippen molar-refractivity contribution in [1.29, 1.82) is 0 Å². The predicted molar refractivity (Wildman–Crippen MR) is 66.6 cm³/mol. The van der Waals surface area contributed by atoms with Gasteiger partial charge in [-0.25, -0.2) is 4.68 Å². The van der Waals surface area contributed by atoms with Crippen LogP contribution in [0.25, 0.3) is 0 Å². The normalized spacial score (nSPS) is 10.8. The molecule has 1 rings (SSSR count). The second-order valence-electron chi connectivity index (χ2n) is 3.85. The summed E-state index contributed by atoms with van der Waals surface area (Å²) in [5, 5.41) is 13.5. The number of hydrogen-bond donors (Lipinski definition) is 2. The van der Waals surface area contributed by atoms with E-state index in [0.29, 0.717) is 6.54 Å². The van der Waals surface area contributed by atoms with Gasteiger partial charge in [0.2, 0.25) is 0 Å². The maximum absolute atomic E-state index is 9.04. The van der Waals surface area contributed by atoms with E-state index >= 15 is 0 Å². The zero-order valence-corrected chi connectivity index (χ0v) is 10.4. The van der Waals surface area contributed by atoms with Gasteiger partial charge in [0.15, 0.2) is 5.82 Å². The molecular formula is C11H22N4O. The van der Waals surface area contributed by atoms with E-state index in [1.165, 1.54) is 0 Å². The Morgan fingerprint density at radius 2 is 2.12 bits per heavy atom. The van der Waals surface area contributed by atoms with Crippen molar-refractivity contribution in [1.82, 2.24) is 9.78 Å². The number of aryl methyl sites for hydroxylation is 2. The van der Waals surface area contributed by atoms with E-state index in [4.69, 9.17) is 10.8 Å². The standard InChI is InChI=1S/C11H22N4O/c1-4-6-15-11(10(12)9(3)13-15)14(5-2)7-8-16/h16H,4-8,12H2,1-3H3. The fraction of sp³-hybridized carbons (Fsp3) is 0.727. The van der Waals surface area contributed by atoms with E-state index in [0.717, 1.165) is 36.7 Å². The highest BCUT2D eigenvalue weighted by Crippen LogP contribution is 2.26. The molecule has 1 aromatic heterocycles. The van der Waals surface area contributed by atoms with Crippen LogP contribution in [0.3, 0.4) is 0 Å². The van der Waals surface area contributed by atoms with Crippen molar-refractivity contribution in [2.24, 2.45) is 0 Å². The highest BCUT2D eigenvalue weighted by atomic mass is 16.3. The molecule has 0 aliphatic carbocycles. The van der Waals surface area contributed by atoms with Crippen molar-refractivity contribution in [3.63, 3.8) is 0 Å². The lowest BCUT2D eigenvalue weighted by Gasteiger charge is -2.23. The van der Waals surface area contributed by atoms with Gasteiger partial charge in [-0.15, -0.1) is 0 Å². The molecule has 5 nitrogen and oxygen atoms in total. The van der Waals surface area contributed by atoms with Crippen molar-refractivity contribution in [2.45, 2.75) is 33.7 Å². The fourth-order valence-electron chi connectivity index (χ4n) is 1.82. The van der Waals surface area contributed by atoms with E-state index in [9.17, 15) is 0 Å². The van der Waals surface area contributed by atoms with Gasteiger partial charge in [0.1, 0.15) is 0 Å². The monoisotopic (exact) mass is 226 g/mol. The van der Waals surface area contributed by atoms with E-state index < -0.39 is 0 Å². The third-order valence-corrected chi connectivity index (χ3v) is 2.63. The number of aromatic nitrogens is 2. The molecule has 92 valence electrons. The number of aliphatic hydroxyl groups excluding tert-OH is 1. The first-order valence-corrected chi connectivity index (χ1v) is 5.84. The third-order valence-electron chi connectivity index (χ3n) is 2.63. The average molecular weight is 226 g/mol. The Morgan fingerprint density at radius 3 is 2.62 bits per heavy atom. The Kier molecular flexibility index (Phi) is 4.61. The van der Waals surface area contributed by atoms with Gasteiger partial charge in [-0.05, 0) is 20.3 Å². The molecule has 16 heavy (non-hydrogen) atoms. The first-order chi connectivity index (χ1) is 7.65. The molecule has 1 aromatic rings. The molecule has 0 saturated heterocycles. The lowest BCUT2D eigenvalue weighted by Crippen LogP contribution is -2.29. The molecule has 1 heterocycles. The van der Waals surface area contributed by atoms with Gasteiger partial charge in [0.25, 0.3) is 0 Å². The molecular weight excluding hydrogens is 204 g/mol. The van der Waals surface area contributed by atoms with Gasteiger partial charge in [0.05, 0.1) is 18.0 Å². The molecule has 0 amide bonds. The topological polar surface area (TPSA) is 67.3 Å². The van der Waals surface area contributed by atoms with E-state index in [1.54, 1.807) is 0 Å². The molecule has 5 heteroatoms. The zero-order chi connectivity index (χ0) is 12.1. The number of hydrogen-bond acceptors (Lipinski definition) is 4. The van der Waals surface area contributed by atoms with Crippen LogP contribution in [-0.4, -0.2) is 34.6 Å². The summed E-state index contributed by atoms with van der Waals surface area (Å²) in [6.45, 7) is 8.47. The highest BCUT2D eigenvalue weighted by molar-refractivity contribution is 5.66. The number of rotatable bonds is 6. The van der Waals surface area contributed by atoms with Crippen molar-refractivity contribution < 1.29 is 5.11 Å². The van der Waals surface area contributed by atoms with Gasteiger partial charge in [-0.2, -0.15) is 5.10 Å². The number of aliphatic hydroxyl groups is 1. The smallest absolute Gasteiger partial charge is 0.150 e. The minimum absolute atomic E-state index is 0.129. The summed E-state index contributed by atoms with van der Waals surface area (Å²) in [5.41, 5.74) is 7.62. The third kappa shape index (κ3) is 2.47. The fourth-order valence-corrected chi connectivity index (χ4v) is 1.82. The summed E-state index contributed by atoms with van der Waals surface area (Å²) >= 11 is 0. The second kappa shape index (κ2) is 5.75. The van der Waals surface area contributed by atoms with Crippen molar-refractivity contribution >= 4 is 11.5 Å². The quantitative estimate of drug-likeness (QED) is 0.759. The van der Waals surface area contributed by atoms with Crippen LogP contribution in [-0.2, 0) is 6.54 Å². The molecule has 0 aromatic carbocycles. The number of likely N-dealkylation sites (N-methyl/N-ethyl adjacent to an activating group) is 1. The van der Waals surface area contributed by atoms with Crippen LogP contribution in [0.15, 0.2) is 0 Å². The van der Waals surface area contributed by atoms with Gasteiger partial charge in [0, 0.05) is 19.6 Å². The molecule has 0 atom stereocenters. The average Bonchev–Trinajstić information content (AvgIpc) is 2.53. The zero-order valence-electron chi connectivity index (χ0n) is 10.4. The Morgan fingerprint density at radius 1 is 1.44 bits per heavy atom. The summed E-state index contributed by atoms with van der Waals surface area (Å²) in [5.74, 6) is 0.941. The molecule has 0 bridgehead atoms. The summed E-state index contributed by atoms with van der Waals surface area (Å²) in [4.78, 5) is 2.06. The largest absolute Gasteiger partial charge is 0.395 e. The van der Waals surface area contributed by atoms with Crippen LogP contribution in [0.5, 0.6) is 0 Å². The van der Waals surface area contributed by atoms with Crippen LogP contribution in [0.4, 0.5) is 11.5 Å². The Labute approximate surface area is 96.9 Å². The van der Waals surface area contributed by atoms with E-state index in [-0.39, 0.29) is 6.61 Å². The van der Waals surface area contributed by atoms with Crippen LogP contribution >= 0.6 is 0 Å². The lowest BCUT2D eigenvalue weighted by molar-refractivity contribution is 0.301. The van der Waals surface area contributed by atoms with Crippen LogP contribution < -0.4 is 10.6 Å². The Hall–Kier alpha value is -1.23. The number of nitrogen functional groups attached to an aromatic ring is 1. The van der Waals surface area contributed by atoms with Gasteiger partial charge in [-0.1, -0.05) is 6.92 Å². The maximum Gasteiger partial charge on any atom is 0.150 e. The van der Waals surface area contributed by atoms with Crippen molar-refractivity contribution in [2.75, 3.05) is 30.3 Å². The minimum atomic E-state index is 0.129. The summed E-state index contributed by atoms with van der Waals surface area (Å²) in [6.07, 6.45) is 1.02. The van der Waals surface area contributed by atoms with Gasteiger partial charge in [-0.3, -0.25) is 0 Å². The van der Waals surface area contributed by atoms with Crippen molar-refractivity contribution in [3.05, 3.63) is 5.69 Å². The van der Waals surface area contributed by atoms with Crippen LogP contribution in [0, 0.1) is 6.92 Å². The molecule has 0 unspecified atom stereocenters. The van der Waals surface area contributed by atoms with Gasteiger partial charge < -0.3 is 15.7 Å². The predicted octanol–water partition coefficient (Wildman–Crippen LogP) is 1.00. The molecule has 0 aliphatic heterocycles. The number of anilines is 2. The van der Waals surface area contributed by atoms with Gasteiger partial charge >= 0.3 is 0 Å². The summed E-state index contributed by atoms with van der Waals surface area (Å²) < 4.78 is 1.93. The molecule has 0 spiro atoms. The Balaban J connectivity index is 3.06. The minimum Gasteiger partial charge on any atom is -0.395 e. The summed E-state index contributed by atoms with van der Waals surface area (Å²) in [6, 6.07) is 0. The highest BCUT2D eigenvalue weighted by Gasteiger charge is 2.17. The molecule has 0 radical (unpaired) electrons. The maximum atomic E-state index is 9.04.